The average molecular weight is 312 g/mol. The van der Waals surface area contributed by atoms with Gasteiger partial charge in [-0.1, -0.05) is 24.3 Å². The predicted molar refractivity (Wildman–Crippen MR) is 86.2 cm³/mol. The van der Waals surface area contributed by atoms with Crippen LogP contribution in [-0.4, -0.2) is 20.2 Å². The van der Waals surface area contributed by atoms with Crippen LogP contribution in [0.4, 0.5) is 4.39 Å². The van der Waals surface area contributed by atoms with Gasteiger partial charge in [0.05, 0.1) is 19.8 Å². The zero-order valence-electron chi connectivity index (χ0n) is 13.1. The Morgan fingerprint density at radius 2 is 1.83 bits per heavy atom. The summed E-state index contributed by atoms with van der Waals surface area (Å²) >= 11 is 0. The molecule has 3 nitrogen and oxygen atoms in total. The van der Waals surface area contributed by atoms with Gasteiger partial charge >= 0.3 is 5.97 Å². The molecule has 0 radical (unpaired) electrons. The molecule has 4 heteroatoms. The topological polar surface area (TPSA) is 35.5 Å². The highest BCUT2D eigenvalue weighted by Gasteiger charge is 2.24. The molecule has 0 bridgehead atoms. The van der Waals surface area contributed by atoms with Gasteiger partial charge in [-0.2, -0.15) is 0 Å². The Morgan fingerprint density at radius 3 is 2.57 bits per heavy atom. The lowest BCUT2D eigenvalue weighted by molar-refractivity contribution is 0.0600. The van der Waals surface area contributed by atoms with E-state index in [4.69, 9.17) is 9.47 Å². The quantitative estimate of drug-likeness (QED) is 0.798. The van der Waals surface area contributed by atoms with Gasteiger partial charge in [-0.25, -0.2) is 9.18 Å². The van der Waals surface area contributed by atoms with Crippen molar-refractivity contribution < 1.29 is 18.7 Å². The fraction of sp³-hybridized carbons (Fsp3) is 0.211. The van der Waals surface area contributed by atoms with E-state index in [1.54, 1.807) is 25.3 Å². The molecule has 0 spiro atoms. The van der Waals surface area contributed by atoms with Crippen molar-refractivity contribution in [2.24, 2.45) is 0 Å². The van der Waals surface area contributed by atoms with E-state index in [2.05, 4.69) is 0 Å². The first-order chi connectivity index (χ1) is 11.2. The molecule has 23 heavy (non-hydrogen) atoms. The van der Waals surface area contributed by atoms with Gasteiger partial charge in [0.2, 0.25) is 0 Å². The van der Waals surface area contributed by atoms with E-state index >= 15 is 0 Å². The number of carbonyl (C=O) groups excluding carboxylic acids is 1. The van der Waals surface area contributed by atoms with E-state index in [-0.39, 0.29) is 5.83 Å². The van der Waals surface area contributed by atoms with Crippen molar-refractivity contribution in [1.82, 2.24) is 0 Å². The molecule has 1 aliphatic rings. The minimum atomic E-state index is -0.432. The Hall–Kier alpha value is -2.62. The molecule has 1 aliphatic carbocycles. The van der Waals surface area contributed by atoms with Gasteiger partial charge < -0.3 is 9.47 Å². The number of para-hydroxylation sites is 1. The number of halogens is 1. The Kier molecular flexibility index (Phi) is 4.15. The molecule has 0 unspecified atom stereocenters. The van der Waals surface area contributed by atoms with Crippen molar-refractivity contribution in [2.75, 3.05) is 14.2 Å². The Morgan fingerprint density at radius 1 is 1.04 bits per heavy atom. The summed E-state index contributed by atoms with van der Waals surface area (Å²) < 4.78 is 24.8. The van der Waals surface area contributed by atoms with E-state index < -0.39 is 5.97 Å². The lowest BCUT2D eigenvalue weighted by atomic mass is 9.85. The van der Waals surface area contributed by atoms with Gasteiger partial charge in [-0.15, -0.1) is 0 Å². The molecule has 0 saturated heterocycles. The highest BCUT2D eigenvalue weighted by atomic mass is 19.1. The second kappa shape index (κ2) is 6.24. The molecule has 0 amide bonds. The number of aryl methyl sites for hydroxylation is 1. The summed E-state index contributed by atoms with van der Waals surface area (Å²) in [4.78, 5) is 11.8. The van der Waals surface area contributed by atoms with E-state index in [1.807, 2.05) is 24.3 Å². The van der Waals surface area contributed by atoms with Crippen molar-refractivity contribution >= 4 is 11.5 Å². The van der Waals surface area contributed by atoms with Crippen LogP contribution in [0.25, 0.3) is 5.57 Å². The number of esters is 1. The molecule has 0 aliphatic heterocycles. The number of carbonyl (C=O) groups is 1. The molecule has 0 atom stereocenters. The number of benzene rings is 2. The highest BCUT2D eigenvalue weighted by molar-refractivity contribution is 5.93. The molecular weight excluding hydrogens is 295 g/mol. The second-order valence-corrected chi connectivity index (χ2v) is 5.34. The van der Waals surface area contributed by atoms with Gasteiger partial charge in [-0.3, -0.25) is 0 Å². The summed E-state index contributed by atoms with van der Waals surface area (Å²) in [5.74, 6) is -0.0175. The average Bonchev–Trinajstić information content (AvgIpc) is 2.60. The number of rotatable bonds is 3. The fourth-order valence-corrected chi connectivity index (χ4v) is 2.93. The SMILES string of the molecule is COC(=O)c1ccc2c(c1)C(c1ccccc1OC)=C(F)CC2. The Labute approximate surface area is 134 Å². The maximum absolute atomic E-state index is 14.7. The van der Waals surface area contributed by atoms with Crippen LogP contribution < -0.4 is 4.74 Å². The van der Waals surface area contributed by atoms with Crippen LogP contribution in [0.5, 0.6) is 5.75 Å². The van der Waals surface area contributed by atoms with Crippen molar-refractivity contribution in [3.05, 3.63) is 70.5 Å². The van der Waals surface area contributed by atoms with Crippen LogP contribution in [0, 0.1) is 0 Å². The maximum atomic E-state index is 14.7. The maximum Gasteiger partial charge on any atom is 0.337 e. The molecular formula is C19H17FO3. The predicted octanol–water partition coefficient (Wildman–Crippen LogP) is 4.16. The number of allylic oxidation sites excluding steroid dienone is 1. The summed E-state index contributed by atoms with van der Waals surface area (Å²) in [5.41, 5.74) is 3.33. The van der Waals surface area contributed by atoms with Crippen LogP contribution >= 0.6 is 0 Å². The number of fused-ring (bicyclic) bond motifs is 1. The minimum absolute atomic E-state index is 0.191. The van der Waals surface area contributed by atoms with Crippen LogP contribution in [0.2, 0.25) is 0 Å². The third-order valence-electron chi connectivity index (χ3n) is 4.06. The summed E-state index contributed by atoms with van der Waals surface area (Å²) in [6.07, 6.45) is 0.958. The zero-order valence-corrected chi connectivity index (χ0v) is 13.1. The summed E-state index contributed by atoms with van der Waals surface area (Å²) in [6, 6.07) is 12.6. The van der Waals surface area contributed by atoms with E-state index in [0.717, 1.165) is 11.1 Å². The van der Waals surface area contributed by atoms with Crippen molar-refractivity contribution in [3.63, 3.8) is 0 Å². The molecule has 2 aromatic carbocycles. The van der Waals surface area contributed by atoms with Crippen molar-refractivity contribution in [1.29, 1.82) is 0 Å². The molecule has 0 N–H and O–H groups in total. The van der Waals surface area contributed by atoms with Crippen LogP contribution in [-0.2, 0) is 11.2 Å². The fourth-order valence-electron chi connectivity index (χ4n) is 2.93. The molecule has 0 heterocycles. The molecule has 0 aromatic heterocycles. The normalized spacial score (nSPS) is 13.5. The number of methoxy groups -OCH3 is 2. The lowest BCUT2D eigenvalue weighted by Crippen LogP contribution is -2.08. The number of hydrogen-bond donors (Lipinski definition) is 0. The smallest absolute Gasteiger partial charge is 0.337 e. The third-order valence-corrected chi connectivity index (χ3v) is 4.06. The van der Waals surface area contributed by atoms with Gasteiger partial charge in [-0.05, 0) is 35.7 Å². The second-order valence-electron chi connectivity index (χ2n) is 5.34. The summed E-state index contributed by atoms with van der Waals surface area (Å²) in [6.45, 7) is 0. The number of ether oxygens (including phenoxy) is 2. The van der Waals surface area contributed by atoms with Crippen LogP contribution in [0.3, 0.4) is 0 Å². The lowest BCUT2D eigenvalue weighted by Gasteiger charge is -2.22. The highest BCUT2D eigenvalue weighted by Crippen LogP contribution is 2.40. The summed E-state index contributed by atoms with van der Waals surface area (Å²) in [5, 5.41) is 0. The standard InChI is InChI=1S/C19H17FO3/c1-22-17-6-4-3-5-14(17)18-15-11-13(19(21)23-2)8-7-12(15)9-10-16(18)20/h3-8,11H,9-10H2,1-2H3. The first-order valence-electron chi connectivity index (χ1n) is 7.39. The van der Waals surface area contributed by atoms with Gasteiger partial charge in [0.1, 0.15) is 11.6 Å². The van der Waals surface area contributed by atoms with E-state index in [9.17, 15) is 9.18 Å². The van der Waals surface area contributed by atoms with Gasteiger partial charge in [0.25, 0.3) is 0 Å². The van der Waals surface area contributed by atoms with Crippen LogP contribution in [0.15, 0.2) is 48.3 Å². The van der Waals surface area contributed by atoms with Crippen LogP contribution in [0.1, 0.15) is 33.5 Å². The molecule has 0 fully saturated rings. The van der Waals surface area contributed by atoms with Gasteiger partial charge in [0, 0.05) is 17.6 Å². The van der Waals surface area contributed by atoms with Gasteiger partial charge in [0.15, 0.2) is 0 Å². The molecule has 118 valence electrons. The van der Waals surface area contributed by atoms with E-state index in [0.29, 0.717) is 35.3 Å². The van der Waals surface area contributed by atoms with Crippen molar-refractivity contribution in [2.45, 2.75) is 12.8 Å². The Bertz CT molecular complexity index is 793. The largest absolute Gasteiger partial charge is 0.496 e. The molecule has 3 rings (SSSR count). The monoisotopic (exact) mass is 312 g/mol. The molecule has 0 saturated carbocycles. The third kappa shape index (κ3) is 2.72. The van der Waals surface area contributed by atoms with E-state index in [1.165, 1.54) is 7.11 Å². The zero-order chi connectivity index (χ0) is 16.4. The van der Waals surface area contributed by atoms with Crippen molar-refractivity contribution in [3.8, 4) is 5.75 Å². The summed E-state index contributed by atoms with van der Waals surface area (Å²) in [7, 11) is 2.89. The number of hydrogen-bond acceptors (Lipinski definition) is 3. The Balaban J connectivity index is 2.20. The first kappa shape index (κ1) is 15.3. The minimum Gasteiger partial charge on any atom is -0.496 e. The first-order valence-corrected chi connectivity index (χ1v) is 7.39. The molecule has 2 aromatic rings.